The van der Waals surface area contributed by atoms with Crippen molar-refractivity contribution in [3.05, 3.63) is 29.8 Å². The summed E-state index contributed by atoms with van der Waals surface area (Å²) in [4.78, 5) is 18.5. The van der Waals surface area contributed by atoms with Crippen LogP contribution in [0.1, 0.15) is 26.3 Å². The minimum atomic E-state index is -0.768. The number of para-hydroxylation sites is 1. The van der Waals surface area contributed by atoms with Gasteiger partial charge >= 0.3 is 5.97 Å². The molecule has 0 aromatic heterocycles. The fourth-order valence-electron chi connectivity index (χ4n) is 3.20. The number of hydrogen-bond donors (Lipinski definition) is 2. The first-order chi connectivity index (χ1) is 11.3. The van der Waals surface area contributed by atoms with Crippen molar-refractivity contribution >= 4 is 34.5 Å². The summed E-state index contributed by atoms with van der Waals surface area (Å²) in [7, 11) is 0. The van der Waals surface area contributed by atoms with Gasteiger partial charge in [-0.3, -0.25) is 14.7 Å². The summed E-state index contributed by atoms with van der Waals surface area (Å²) in [6.45, 7) is 6.16. The average Bonchev–Trinajstić information content (AvgIpc) is 3.13. The normalized spacial score (nSPS) is 28.1. The van der Waals surface area contributed by atoms with Crippen molar-refractivity contribution in [2.75, 3.05) is 11.5 Å². The molecule has 2 heterocycles. The molecular formula is C17H22N2O3S2. The highest BCUT2D eigenvalue weighted by atomic mass is 32.2. The molecule has 2 aliphatic heterocycles. The monoisotopic (exact) mass is 366 g/mol. The predicted molar refractivity (Wildman–Crippen MR) is 100 cm³/mol. The standard InChI is InChI=1S/C17H22N2O3S2/c1-17(2,3)19-12(16(21)22)9-24-15(19)11-8-23-14(18-11)10-6-4-5-7-13(10)20/h4-7,11-12,15,20H,8-9H2,1-3H3,(H,21,22)/t11-,12+,15?/m1/s1. The Labute approximate surface area is 150 Å². The van der Waals surface area contributed by atoms with Gasteiger partial charge in [0, 0.05) is 22.6 Å². The molecule has 3 rings (SSSR count). The van der Waals surface area contributed by atoms with E-state index in [9.17, 15) is 15.0 Å². The lowest BCUT2D eigenvalue weighted by atomic mass is 10.0. The van der Waals surface area contributed by atoms with Crippen LogP contribution in [0.4, 0.5) is 0 Å². The van der Waals surface area contributed by atoms with E-state index in [-0.39, 0.29) is 22.7 Å². The summed E-state index contributed by atoms with van der Waals surface area (Å²) >= 11 is 3.30. The molecule has 7 heteroatoms. The average molecular weight is 367 g/mol. The van der Waals surface area contributed by atoms with Crippen molar-refractivity contribution in [1.29, 1.82) is 0 Å². The number of phenols is 1. The first-order valence-corrected chi connectivity index (χ1v) is 9.94. The second-order valence-corrected chi connectivity index (χ2v) is 9.14. The molecule has 1 aromatic rings. The van der Waals surface area contributed by atoms with E-state index in [1.165, 1.54) is 0 Å². The number of rotatable bonds is 3. The Morgan fingerprint density at radius 2 is 2.00 bits per heavy atom. The number of phenolic OH excluding ortho intramolecular Hbond substituents is 1. The number of aliphatic imine (C=N–C) groups is 1. The molecule has 1 fully saturated rings. The van der Waals surface area contributed by atoms with Gasteiger partial charge in [-0.15, -0.1) is 23.5 Å². The highest BCUT2D eigenvalue weighted by Crippen LogP contribution is 2.41. The molecular weight excluding hydrogens is 344 g/mol. The number of carboxylic acids is 1. The molecule has 1 saturated heterocycles. The van der Waals surface area contributed by atoms with E-state index in [4.69, 9.17) is 4.99 Å². The van der Waals surface area contributed by atoms with Crippen LogP contribution in [0, 0.1) is 0 Å². The number of aromatic hydroxyl groups is 1. The molecule has 5 nitrogen and oxygen atoms in total. The Morgan fingerprint density at radius 1 is 1.29 bits per heavy atom. The Bertz CT molecular complexity index is 672. The molecule has 0 bridgehead atoms. The number of hydrogen-bond acceptors (Lipinski definition) is 6. The number of benzene rings is 1. The van der Waals surface area contributed by atoms with E-state index in [1.807, 2.05) is 12.1 Å². The zero-order valence-electron chi connectivity index (χ0n) is 14.0. The highest BCUT2D eigenvalue weighted by molar-refractivity contribution is 8.14. The zero-order chi connectivity index (χ0) is 17.5. The van der Waals surface area contributed by atoms with Gasteiger partial charge in [-0.05, 0) is 32.9 Å². The largest absolute Gasteiger partial charge is 0.507 e. The third kappa shape index (κ3) is 3.30. The highest BCUT2D eigenvalue weighted by Gasteiger charge is 2.48. The smallest absolute Gasteiger partial charge is 0.321 e. The van der Waals surface area contributed by atoms with Crippen molar-refractivity contribution in [2.24, 2.45) is 4.99 Å². The topological polar surface area (TPSA) is 73.1 Å². The van der Waals surface area contributed by atoms with Gasteiger partial charge in [-0.2, -0.15) is 0 Å². The minimum absolute atomic E-state index is 0.0261. The van der Waals surface area contributed by atoms with Gasteiger partial charge in [0.05, 0.1) is 11.4 Å². The molecule has 2 aliphatic rings. The Balaban J connectivity index is 1.87. The third-order valence-corrected chi connectivity index (χ3v) is 6.73. The summed E-state index contributed by atoms with van der Waals surface area (Å²) in [5.41, 5.74) is 0.514. The fraction of sp³-hybridized carbons (Fsp3) is 0.529. The quantitative estimate of drug-likeness (QED) is 0.857. The Hall–Kier alpha value is -1.18. The van der Waals surface area contributed by atoms with Crippen LogP contribution in [0.15, 0.2) is 29.3 Å². The van der Waals surface area contributed by atoms with Gasteiger partial charge in [-0.1, -0.05) is 12.1 Å². The SMILES string of the molecule is CC(C)(C)N1C([C@H]2CSC(c3ccccc3O)=N2)SC[C@H]1C(=O)O. The van der Waals surface area contributed by atoms with Gasteiger partial charge in [0.2, 0.25) is 0 Å². The van der Waals surface area contributed by atoms with E-state index < -0.39 is 12.0 Å². The van der Waals surface area contributed by atoms with Crippen LogP contribution < -0.4 is 0 Å². The molecule has 130 valence electrons. The second-order valence-electron chi connectivity index (χ2n) is 6.99. The van der Waals surface area contributed by atoms with E-state index in [0.717, 1.165) is 16.4 Å². The van der Waals surface area contributed by atoms with Gasteiger partial charge < -0.3 is 10.2 Å². The fourth-order valence-corrected chi connectivity index (χ4v) is 6.13. The predicted octanol–water partition coefficient (Wildman–Crippen LogP) is 2.88. The van der Waals surface area contributed by atoms with E-state index >= 15 is 0 Å². The molecule has 0 amide bonds. The van der Waals surface area contributed by atoms with Gasteiger partial charge in [-0.25, -0.2) is 0 Å². The lowest BCUT2D eigenvalue weighted by Gasteiger charge is -2.40. The van der Waals surface area contributed by atoms with Crippen LogP contribution in [0.3, 0.4) is 0 Å². The molecule has 1 aromatic carbocycles. The van der Waals surface area contributed by atoms with Crippen LogP contribution >= 0.6 is 23.5 Å². The van der Waals surface area contributed by atoms with Gasteiger partial charge in [0.25, 0.3) is 0 Å². The number of aliphatic carboxylic acids is 1. The van der Waals surface area contributed by atoms with E-state index in [2.05, 4.69) is 25.7 Å². The molecule has 1 unspecified atom stereocenters. The number of carbonyl (C=O) groups is 1. The molecule has 2 N–H and O–H groups in total. The maximum atomic E-state index is 11.6. The minimum Gasteiger partial charge on any atom is -0.507 e. The molecule has 0 aliphatic carbocycles. The maximum Gasteiger partial charge on any atom is 0.321 e. The Kier molecular flexibility index (Phi) is 4.86. The number of thioether (sulfide) groups is 2. The van der Waals surface area contributed by atoms with Crippen molar-refractivity contribution in [2.45, 2.75) is 43.8 Å². The summed E-state index contributed by atoms with van der Waals surface area (Å²) in [6, 6.07) is 6.76. The summed E-state index contributed by atoms with van der Waals surface area (Å²) in [5, 5.41) is 20.5. The van der Waals surface area contributed by atoms with Gasteiger partial charge in [0.15, 0.2) is 0 Å². The van der Waals surface area contributed by atoms with E-state index in [1.54, 1.807) is 35.7 Å². The summed E-state index contributed by atoms with van der Waals surface area (Å²) in [6.07, 6.45) is 0. The third-order valence-electron chi connectivity index (χ3n) is 4.23. The summed E-state index contributed by atoms with van der Waals surface area (Å²) < 4.78 is 0. The van der Waals surface area contributed by atoms with Crippen LogP contribution in [0.2, 0.25) is 0 Å². The van der Waals surface area contributed by atoms with Crippen molar-refractivity contribution in [3.63, 3.8) is 0 Å². The Morgan fingerprint density at radius 3 is 2.62 bits per heavy atom. The molecule has 24 heavy (non-hydrogen) atoms. The number of nitrogens with zero attached hydrogens (tertiary/aromatic N) is 2. The number of carboxylic acid groups (broad SMARTS) is 1. The lowest BCUT2D eigenvalue weighted by molar-refractivity contribution is -0.144. The zero-order valence-corrected chi connectivity index (χ0v) is 15.6. The first-order valence-electron chi connectivity index (χ1n) is 7.91. The molecule has 0 saturated carbocycles. The van der Waals surface area contributed by atoms with Crippen LogP contribution in [-0.2, 0) is 4.79 Å². The molecule has 3 atom stereocenters. The van der Waals surface area contributed by atoms with Crippen LogP contribution in [-0.4, -0.2) is 60.6 Å². The molecule has 0 spiro atoms. The second kappa shape index (κ2) is 6.61. The van der Waals surface area contributed by atoms with Crippen molar-refractivity contribution in [3.8, 4) is 5.75 Å². The van der Waals surface area contributed by atoms with Crippen LogP contribution in [0.5, 0.6) is 5.75 Å². The van der Waals surface area contributed by atoms with Crippen molar-refractivity contribution in [1.82, 2.24) is 4.90 Å². The van der Waals surface area contributed by atoms with E-state index in [0.29, 0.717) is 5.75 Å². The van der Waals surface area contributed by atoms with Gasteiger partial charge in [0.1, 0.15) is 16.8 Å². The lowest BCUT2D eigenvalue weighted by Crippen LogP contribution is -2.54. The van der Waals surface area contributed by atoms with Crippen LogP contribution in [0.25, 0.3) is 0 Å². The van der Waals surface area contributed by atoms with Crippen molar-refractivity contribution < 1.29 is 15.0 Å². The molecule has 0 radical (unpaired) electrons. The first kappa shape index (κ1) is 17.6. The summed E-state index contributed by atoms with van der Waals surface area (Å²) in [5.74, 6) is 0.857. The maximum absolute atomic E-state index is 11.6.